The van der Waals surface area contributed by atoms with Crippen molar-refractivity contribution in [3.8, 4) is 0 Å². The summed E-state index contributed by atoms with van der Waals surface area (Å²) in [5, 5.41) is -0.0963. The highest BCUT2D eigenvalue weighted by atomic mass is 32.2. The molecule has 0 fully saturated rings. The van der Waals surface area contributed by atoms with Crippen LogP contribution in [0.3, 0.4) is 0 Å². The smallest absolute Gasteiger partial charge is 0.254 e. The van der Waals surface area contributed by atoms with Gasteiger partial charge in [0.25, 0.3) is 5.79 Å². The van der Waals surface area contributed by atoms with Gasteiger partial charge in [-0.3, -0.25) is 9.59 Å². The molecule has 0 radical (unpaired) electrons. The van der Waals surface area contributed by atoms with Gasteiger partial charge in [-0.2, -0.15) is 0 Å². The Kier molecular flexibility index (Phi) is 5.95. The van der Waals surface area contributed by atoms with Gasteiger partial charge in [0.1, 0.15) is 0 Å². The van der Waals surface area contributed by atoms with E-state index in [-0.39, 0.29) is 17.5 Å². The summed E-state index contributed by atoms with van der Waals surface area (Å²) in [6.07, 6.45) is 9.41. The molecule has 2 aliphatic rings. The van der Waals surface area contributed by atoms with Crippen molar-refractivity contribution < 1.29 is 19.1 Å². The van der Waals surface area contributed by atoms with E-state index >= 15 is 0 Å². The second-order valence-electron chi connectivity index (χ2n) is 6.30. The number of ether oxygens (including phenoxy) is 2. The molecule has 1 aromatic rings. The standard InChI is InChI=1S/C22H22O4S/c1-4-5-8-11-26-22(25-2)14-19(21(24)27-3)17-12-15-9-6-7-10-16(15)13-18(17)20(22)23/h4-10,14H,1,11-13H2,2-3H3/b8-5+. The second kappa shape index (κ2) is 8.21. The van der Waals surface area contributed by atoms with Gasteiger partial charge in [-0.1, -0.05) is 60.8 Å². The van der Waals surface area contributed by atoms with E-state index in [0.717, 1.165) is 28.5 Å². The molecule has 0 N–H and O–H groups in total. The van der Waals surface area contributed by atoms with Gasteiger partial charge in [-0.05, 0) is 35.5 Å². The van der Waals surface area contributed by atoms with Crippen molar-refractivity contribution in [2.45, 2.75) is 18.6 Å². The molecule has 0 spiro atoms. The van der Waals surface area contributed by atoms with E-state index in [1.807, 2.05) is 24.3 Å². The molecule has 1 atom stereocenters. The molecule has 1 unspecified atom stereocenters. The zero-order valence-electron chi connectivity index (χ0n) is 15.5. The lowest BCUT2D eigenvalue weighted by molar-refractivity contribution is -0.189. The number of methoxy groups -OCH3 is 1. The van der Waals surface area contributed by atoms with Crippen LogP contribution in [0.15, 0.2) is 71.9 Å². The van der Waals surface area contributed by atoms with Gasteiger partial charge in [0.15, 0.2) is 0 Å². The minimum Gasteiger partial charge on any atom is -0.343 e. The lowest BCUT2D eigenvalue weighted by Crippen LogP contribution is -2.47. The molecule has 27 heavy (non-hydrogen) atoms. The number of fused-ring (bicyclic) bond motifs is 1. The van der Waals surface area contributed by atoms with Crippen LogP contribution in [0.4, 0.5) is 0 Å². The first-order chi connectivity index (χ1) is 13.1. The van der Waals surface area contributed by atoms with Crippen LogP contribution in [0.25, 0.3) is 0 Å². The summed E-state index contributed by atoms with van der Waals surface area (Å²) < 4.78 is 11.3. The first kappa shape index (κ1) is 19.5. The Morgan fingerprint density at radius 1 is 1.26 bits per heavy atom. The molecular weight excluding hydrogens is 360 g/mol. The molecule has 0 amide bonds. The summed E-state index contributed by atoms with van der Waals surface area (Å²) in [6, 6.07) is 7.99. The monoisotopic (exact) mass is 382 g/mol. The average molecular weight is 382 g/mol. The Balaban J connectivity index is 2.05. The van der Waals surface area contributed by atoms with E-state index in [4.69, 9.17) is 9.47 Å². The minimum absolute atomic E-state index is 0.0963. The minimum atomic E-state index is -1.59. The fraction of sp³-hybridized carbons (Fsp3) is 0.273. The number of carbonyl (C=O) groups is 2. The molecule has 0 aliphatic heterocycles. The fourth-order valence-electron chi connectivity index (χ4n) is 3.46. The van der Waals surface area contributed by atoms with Crippen molar-refractivity contribution in [2.24, 2.45) is 0 Å². The summed E-state index contributed by atoms with van der Waals surface area (Å²) in [7, 11) is 1.43. The number of Topliss-reactive ketones (excluding diaryl/α,β-unsaturated/α-hetero) is 1. The highest BCUT2D eigenvalue weighted by Gasteiger charge is 2.46. The molecule has 4 nitrogen and oxygen atoms in total. The molecular formula is C22H22O4S. The fourth-order valence-corrected chi connectivity index (χ4v) is 3.86. The summed E-state index contributed by atoms with van der Waals surface area (Å²) in [5.41, 5.74) is 4.13. The molecule has 5 heteroatoms. The number of rotatable bonds is 6. The molecule has 3 rings (SSSR count). The van der Waals surface area contributed by atoms with E-state index < -0.39 is 5.79 Å². The number of ketones is 1. The van der Waals surface area contributed by atoms with Crippen LogP contribution in [0, 0.1) is 0 Å². The van der Waals surface area contributed by atoms with Crippen LogP contribution >= 0.6 is 11.8 Å². The van der Waals surface area contributed by atoms with Crippen molar-refractivity contribution in [2.75, 3.05) is 20.0 Å². The van der Waals surface area contributed by atoms with Crippen LogP contribution in [0.1, 0.15) is 11.1 Å². The lowest BCUT2D eigenvalue weighted by atomic mass is 9.76. The van der Waals surface area contributed by atoms with Crippen molar-refractivity contribution >= 4 is 22.7 Å². The number of carbonyl (C=O) groups excluding carboxylic acids is 2. The first-order valence-electron chi connectivity index (χ1n) is 8.68. The average Bonchev–Trinajstić information content (AvgIpc) is 2.71. The third-order valence-electron chi connectivity index (χ3n) is 4.84. The lowest BCUT2D eigenvalue weighted by Gasteiger charge is -2.36. The summed E-state index contributed by atoms with van der Waals surface area (Å²) in [6.45, 7) is 3.78. The molecule has 0 saturated heterocycles. The normalized spacial score (nSPS) is 21.7. The van der Waals surface area contributed by atoms with Gasteiger partial charge in [-0.15, -0.1) is 0 Å². The largest absolute Gasteiger partial charge is 0.343 e. The molecule has 2 aliphatic carbocycles. The Bertz CT molecular complexity index is 878. The molecule has 0 heterocycles. The van der Waals surface area contributed by atoms with E-state index in [9.17, 15) is 9.59 Å². The Labute approximate surface area is 163 Å². The van der Waals surface area contributed by atoms with Crippen molar-refractivity contribution in [3.05, 3.63) is 83.0 Å². The van der Waals surface area contributed by atoms with Crippen molar-refractivity contribution in [3.63, 3.8) is 0 Å². The van der Waals surface area contributed by atoms with Gasteiger partial charge >= 0.3 is 0 Å². The Hall–Kier alpha value is -2.21. The second-order valence-corrected chi connectivity index (χ2v) is 7.08. The number of hydrogen-bond donors (Lipinski definition) is 0. The van der Waals surface area contributed by atoms with Crippen LogP contribution < -0.4 is 0 Å². The number of allylic oxidation sites excluding steroid dienone is 3. The molecule has 0 bridgehead atoms. The van der Waals surface area contributed by atoms with Crippen molar-refractivity contribution in [1.82, 2.24) is 0 Å². The number of thioether (sulfide) groups is 1. The van der Waals surface area contributed by atoms with E-state index in [1.54, 1.807) is 30.6 Å². The van der Waals surface area contributed by atoms with Gasteiger partial charge in [0.05, 0.1) is 6.61 Å². The zero-order valence-corrected chi connectivity index (χ0v) is 16.3. The van der Waals surface area contributed by atoms with E-state index in [1.165, 1.54) is 7.11 Å². The maximum atomic E-state index is 13.3. The maximum Gasteiger partial charge on any atom is 0.254 e. The molecule has 140 valence electrons. The quantitative estimate of drug-likeness (QED) is 0.556. The molecule has 1 aromatic carbocycles. The van der Waals surface area contributed by atoms with Gasteiger partial charge in [0.2, 0.25) is 10.9 Å². The van der Waals surface area contributed by atoms with Crippen LogP contribution in [-0.2, 0) is 31.9 Å². The summed E-state index contributed by atoms with van der Waals surface area (Å²) in [4.78, 5) is 26.0. The number of benzene rings is 1. The van der Waals surface area contributed by atoms with Crippen LogP contribution in [-0.4, -0.2) is 36.7 Å². The summed E-state index contributed by atoms with van der Waals surface area (Å²) in [5.74, 6) is -1.82. The topological polar surface area (TPSA) is 52.6 Å². The Morgan fingerprint density at radius 3 is 2.52 bits per heavy atom. The Morgan fingerprint density at radius 2 is 1.93 bits per heavy atom. The van der Waals surface area contributed by atoms with Gasteiger partial charge in [-0.25, -0.2) is 0 Å². The van der Waals surface area contributed by atoms with Crippen LogP contribution in [0.2, 0.25) is 0 Å². The molecule has 0 aromatic heterocycles. The van der Waals surface area contributed by atoms with E-state index in [0.29, 0.717) is 24.0 Å². The van der Waals surface area contributed by atoms with Gasteiger partial charge < -0.3 is 9.47 Å². The predicted molar refractivity (Wildman–Crippen MR) is 108 cm³/mol. The van der Waals surface area contributed by atoms with Crippen LogP contribution in [0.5, 0.6) is 0 Å². The van der Waals surface area contributed by atoms with E-state index in [2.05, 4.69) is 6.58 Å². The third-order valence-corrected chi connectivity index (χ3v) is 5.43. The zero-order chi connectivity index (χ0) is 19.4. The van der Waals surface area contributed by atoms with Gasteiger partial charge in [0, 0.05) is 24.7 Å². The first-order valence-corrected chi connectivity index (χ1v) is 9.90. The number of hydrogen-bond acceptors (Lipinski definition) is 5. The highest BCUT2D eigenvalue weighted by molar-refractivity contribution is 8.13. The highest BCUT2D eigenvalue weighted by Crippen LogP contribution is 2.40. The third kappa shape index (κ3) is 3.63. The molecule has 0 saturated carbocycles. The maximum absolute atomic E-state index is 13.3. The SMILES string of the molecule is C=C/C=C/COC1(OC)C=C(C(=O)SC)C2=C(Cc3ccccc3C2)C1=O. The summed E-state index contributed by atoms with van der Waals surface area (Å²) >= 11 is 1.12. The predicted octanol–water partition coefficient (Wildman–Crippen LogP) is 3.58. The van der Waals surface area contributed by atoms with Crippen molar-refractivity contribution in [1.29, 1.82) is 0 Å².